The molecule has 0 aromatic carbocycles. The van der Waals surface area contributed by atoms with Gasteiger partial charge in [0.2, 0.25) is 16.9 Å². The van der Waals surface area contributed by atoms with Gasteiger partial charge in [-0.15, -0.1) is 15.3 Å². The van der Waals surface area contributed by atoms with Crippen molar-refractivity contribution < 1.29 is 19.1 Å². The fourth-order valence-corrected chi connectivity index (χ4v) is 5.01. The maximum absolute atomic E-state index is 12.5. The first kappa shape index (κ1) is 29.0. The highest BCUT2D eigenvalue weighted by atomic mass is 32.1. The minimum atomic E-state index is -0.213. The predicted molar refractivity (Wildman–Crippen MR) is 157 cm³/mol. The van der Waals surface area contributed by atoms with Gasteiger partial charge in [0, 0.05) is 30.9 Å². The molecule has 0 radical (unpaired) electrons. The van der Waals surface area contributed by atoms with E-state index < -0.39 is 0 Å². The Hall–Kier alpha value is -4.52. The molecule has 5 rings (SSSR count). The molecule has 0 saturated heterocycles. The van der Waals surface area contributed by atoms with Crippen LogP contribution in [0.5, 0.6) is 11.5 Å². The smallest absolute Gasteiger partial charge is 0.232 e. The Labute approximate surface area is 247 Å². The van der Waals surface area contributed by atoms with Gasteiger partial charge in [-0.25, -0.2) is 0 Å². The van der Waals surface area contributed by atoms with E-state index in [4.69, 9.17) is 9.47 Å². The van der Waals surface area contributed by atoms with Gasteiger partial charge in [0.25, 0.3) is 0 Å². The van der Waals surface area contributed by atoms with Crippen LogP contribution in [-0.2, 0) is 35.3 Å². The van der Waals surface area contributed by atoms with E-state index in [0.29, 0.717) is 28.1 Å². The van der Waals surface area contributed by atoms with E-state index in [1.165, 1.54) is 17.8 Å². The number of nitrogens with zero attached hydrogens (tertiary/aromatic N) is 6. The average Bonchev–Trinajstić information content (AvgIpc) is 3.41. The molecule has 1 aliphatic rings. The van der Waals surface area contributed by atoms with Crippen LogP contribution in [0.2, 0.25) is 0 Å². The number of ether oxygens (including phenoxy) is 2. The minimum absolute atomic E-state index is 0.121. The zero-order valence-electron chi connectivity index (χ0n) is 23.3. The van der Waals surface area contributed by atoms with Crippen molar-refractivity contribution >= 4 is 34.1 Å². The van der Waals surface area contributed by atoms with Crippen LogP contribution in [0.25, 0.3) is 0 Å². The maximum atomic E-state index is 12.5. The van der Waals surface area contributed by atoms with Gasteiger partial charge < -0.3 is 20.1 Å². The summed E-state index contributed by atoms with van der Waals surface area (Å²) in [5.74, 6) is 1.38. The zero-order valence-corrected chi connectivity index (χ0v) is 24.1. The third-order valence-electron chi connectivity index (χ3n) is 6.62. The summed E-state index contributed by atoms with van der Waals surface area (Å²) in [5.41, 5.74) is 2.10. The lowest BCUT2D eigenvalue weighted by Gasteiger charge is -2.26. The quantitative estimate of drug-likeness (QED) is 0.207. The van der Waals surface area contributed by atoms with Gasteiger partial charge in [-0.05, 0) is 62.8 Å². The molecule has 2 N–H and O–H groups in total. The normalized spacial score (nSPS) is 12.8. The maximum Gasteiger partial charge on any atom is 0.232 e. The van der Waals surface area contributed by atoms with E-state index in [9.17, 15) is 9.59 Å². The van der Waals surface area contributed by atoms with Crippen molar-refractivity contribution in [3.05, 3.63) is 70.9 Å². The Balaban J connectivity index is 0.995. The van der Waals surface area contributed by atoms with Gasteiger partial charge in [0.05, 0.1) is 43.1 Å². The summed E-state index contributed by atoms with van der Waals surface area (Å²) in [6, 6.07) is 10.7. The lowest BCUT2D eigenvalue weighted by atomic mass is 9.96. The number of rotatable bonds is 14. The molecule has 42 heavy (non-hydrogen) atoms. The van der Waals surface area contributed by atoms with Crippen LogP contribution in [0, 0.1) is 0 Å². The van der Waals surface area contributed by atoms with E-state index in [1.54, 1.807) is 37.7 Å². The van der Waals surface area contributed by atoms with Gasteiger partial charge in [-0.3, -0.25) is 19.6 Å². The number of carbonyl (C=O) groups is 2. The van der Waals surface area contributed by atoms with Crippen molar-refractivity contribution in [2.24, 2.45) is 0 Å². The number of unbranched alkanes of at least 4 members (excludes halogenated alkanes) is 1. The summed E-state index contributed by atoms with van der Waals surface area (Å²) >= 11 is 1.36. The molecule has 4 aromatic heterocycles. The molecule has 13 heteroatoms. The van der Waals surface area contributed by atoms with Crippen molar-refractivity contribution in [2.75, 3.05) is 17.7 Å². The summed E-state index contributed by atoms with van der Waals surface area (Å²) in [4.78, 5) is 33.3. The number of hydrogen-bond donors (Lipinski definition) is 2. The second-order valence-corrected chi connectivity index (χ2v) is 11.0. The van der Waals surface area contributed by atoms with E-state index >= 15 is 0 Å². The molecule has 0 aliphatic heterocycles. The SMILES string of the molecule is COc1ccnc(CC(=O)Nc2nnc(CCCCc3ccc(NC(=O)Cc4cc(OC5CCC5)ccn4)nn3)s2)c1. The third kappa shape index (κ3) is 8.74. The first-order valence-electron chi connectivity index (χ1n) is 13.9. The van der Waals surface area contributed by atoms with Crippen LogP contribution in [0.4, 0.5) is 10.9 Å². The second kappa shape index (κ2) is 14.4. The summed E-state index contributed by atoms with van der Waals surface area (Å²) in [6.45, 7) is 0. The number of amides is 2. The predicted octanol–water partition coefficient (Wildman–Crippen LogP) is 3.99. The van der Waals surface area contributed by atoms with Crippen molar-refractivity contribution in [3.63, 3.8) is 0 Å². The highest BCUT2D eigenvalue weighted by Crippen LogP contribution is 2.25. The summed E-state index contributed by atoms with van der Waals surface area (Å²) in [6.07, 6.45) is 10.4. The van der Waals surface area contributed by atoms with Crippen LogP contribution < -0.4 is 20.1 Å². The minimum Gasteiger partial charge on any atom is -0.497 e. The lowest BCUT2D eigenvalue weighted by Crippen LogP contribution is -2.24. The number of nitrogens with one attached hydrogen (secondary N) is 2. The Morgan fingerprint density at radius 2 is 1.55 bits per heavy atom. The molecular formula is C29H32N8O4S. The molecule has 1 fully saturated rings. The molecule has 12 nitrogen and oxygen atoms in total. The van der Waals surface area contributed by atoms with Crippen molar-refractivity contribution in [2.45, 2.75) is 63.9 Å². The number of carbonyl (C=O) groups excluding carboxylic acids is 2. The molecule has 0 atom stereocenters. The Bertz CT molecular complexity index is 1490. The number of anilines is 2. The van der Waals surface area contributed by atoms with Gasteiger partial charge >= 0.3 is 0 Å². The van der Waals surface area contributed by atoms with E-state index in [0.717, 1.165) is 55.0 Å². The molecule has 0 bridgehead atoms. The zero-order chi connectivity index (χ0) is 29.1. The molecule has 4 heterocycles. The second-order valence-electron chi connectivity index (χ2n) is 9.91. The Kier molecular flexibility index (Phi) is 9.94. The molecule has 0 spiro atoms. The lowest BCUT2D eigenvalue weighted by molar-refractivity contribution is -0.116. The number of aryl methyl sites for hydroxylation is 2. The Morgan fingerprint density at radius 1 is 0.833 bits per heavy atom. The third-order valence-corrected chi connectivity index (χ3v) is 7.52. The molecule has 1 saturated carbocycles. The monoisotopic (exact) mass is 588 g/mol. The fraction of sp³-hybridized carbons (Fsp3) is 0.379. The molecule has 0 unspecified atom stereocenters. The van der Waals surface area contributed by atoms with Crippen molar-refractivity contribution in [1.82, 2.24) is 30.4 Å². The van der Waals surface area contributed by atoms with Gasteiger partial charge in [-0.2, -0.15) is 5.10 Å². The van der Waals surface area contributed by atoms with Crippen LogP contribution in [0.15, 0.2) is 48.8 Å². The molecule has 218 valence electrons. The molecule has 1 aliphatic carbocycles. The number of pyridine rings is 2. The van der Waals surface area contributed by atoms with Gasteiger partial charge in [-0.1, -0.05) is 11.3 Å². The highest BCUT2D eigenvalue weighted by molar-refractivity contribution is 7.15. The van der Waals surface area contributed by atoms with Gasteiger partial charge in [0.15, 0.2) is 5.82 Å². The topological polar surface area (TPSA) is 154 Å². The van der Waals surface area contributed by atoms with Crippen molar-refractivity contribution in [1.29, 1.82) is 0 Å². The first-order valence-corrected chi connectivity index (χ1v) is 14.7. The Morgan fingerprint density at radius 3 is 2.24 bits per heavy atom. The number of methoxy groups -OCH3 is 1. The van der Waals surface area contributed by atoms with E-state index in [2.05, 4.69) is 41.0 Å². The van der Waals surface area contributed by atoms with Crippen LogP contribution in [0.3, 0.4) is 0 Å². The van der Waals surface area contributed by atoms with Crippen LogP contribution in [-0.4, -0.2) is 55.4 Å². The average molecular weight is 589 g/mol. The van der Waals surface area contributed by atoms with Crippen molar-refractivity contribution in [3.8, 4) is 11.5 Å². The van der Waals surface area contributed by atoms with E-state index in [1.807, 2.05) is 18.2 Å². The molecular weight excluding hydrogens is 556 g/mol. The van der Waals surface area contributed by atoms with E-state index in [-0.39, 0.29) is 30.8 Å². The highest BCUT2D eigenvalue weighted by Gasteiger charge is 2.19. The summed E-state index contributed by atoms with van der Waals surface area (Å²) in [5, 5.41) is 23.5. The standard InChI is InChI=1S/C29H32N8O4S/c1-40-23-11-13-30-20(15-23)18-27(39)33-29-37-36-28(42-29)8-3-2-5-19-9-10-25(35-34-19)32-26(38)17-21-16-24(12-14-31-21)41-22-6-4-7-22/h9-16,22H,2-8,17-18H2,1H3,(H,32,35,38)(H,33,37,39). The molecule has 4 aromatic rings. The van der Waals surface area contributed by atoms with Gasteiger partial charge in [0.1, 0.15) is 16.5 Å². The van der Waals surface area contributed by atoms with Crippen LogP contribution in [0.1, 0.15) is 54.2 Å². The molecule has 2 amide bonds. The first-order chi connectivity index (χ1) is 20.5. The largest absolute Gasteiger partial charge is 0.497 e. The summed E-state index contributed by atoms with van der Waals surface area (Å²) < 4.78 is 11.1. The number of aromatic nitrogens is 6. The number of hydrogen-bond acceptors (Lipinski definition) is 11. The summed E-state index contributed by atoms with van der Waals surface area (Å²) in [7, 11) is 1.57. The van der Waals surface area contributed by atoms with Crippen LogP contribution >= 0.6 is 11.3 Å². The fourth-order valence-electron chi connectivity index (χ4n) is 4.21.